The molecule has 3 aromatic rings. The maximum absolute atomic E-state index is 14.3. The number of alkyl halides is 1. The Morgan fingerprint density at radius 2 is 1.86 bits per heavy atom. The van der Waals surface area contributed by atoms with E-state index < -0.39 is 5.67 Å². The van der Waals surface area contributed by atoms with E-state index in [2.05, 4.69) is 10.2 Å². The summed E-state index contributed by atoms with van der Waals surface area (Å²) in [5, 5.41) is 8.35. The number of methoxy groups -OCH3 is 1. The Bertz CT molecular complexity index is 785. The van der Waals surface area contributed by atoms with Crippen molar-refractivity contribution in [3.8, 4) is 5.75 Å². The highest BCUT2D eigenvalue weighted by atomic mass is 19.1. The number of halogens is 1. The molecule has 114 valence electrons. The third-order valence-electron chi connectivity index (χ3n) is 3.84. The molecule has 0 saturated carbocycles. The van der Waals surface area contributed by atoms with Crippen LogP contribution in [0.2, 0.25) is 0 Å². The summed E-state index contributed by atoms with van der Waals surface area (Å²) in [4.78, 5) is 0. The van der Waals surface area contributed by atoms with Crippen molar-refractivity contribution >= 4 is 10.9 Å². The summed E-state index contributed by atoms with van der Waals surface area (Å²) in [6.45, 7) is 3.11. The highest BCUT2D eigenvalue weighted by Gasteiger charge is 2.23. The molecule has 1 aromatic heterocycles. The van der Waals surface area contributed by atoms with Gasteiger partial charge >= 0.3 is 0 Å². The van der Waals surface area contributed by atoms with Gasteiger partial charge in [0.15, 0.2) is 0 Å². The van der Waals surface area contributed by atoms with Crippen molar-refractivity contribution in [3.63, 3.8) is 0 Å². The summed E-state index contributed by atoms with van der Waals surface area (Å²) in [6, 6.07) is 13.6. The van der Waals surface area contributed by atoms with Crippen LogP contribution in [-0.2, 0) is 12.1 Å². The molecule has 0 fully saturated rings. The predicted molar refractivity (Wildman–Crippen MR) is 86.0 cm³/mol. The number of hydrogen-bond donors (Lipinski definition) is 1. The fourth-order valence-corrected chi connectivity index (χ4v) is 2.65. The molecule has 0 amide bonds. The van der Waals surface area contributed by atoms with Gasteiger partial charge in [-0.2, -0.15) is 5.10 Å². The van der Waals surface area contributed by atoms with Crippen molar-refractivity contribution in [2.75, 3.05) is 7.11 Å². The number of aromatic amines is 1. The highest BCUT2D eigenvalue weighted by Crippen LogP contribution is 2.31. The first-order valence-corrected chi connectivity index (χ1v) is 7.27. The summed E-state index contributed by atoms with van der Waals surface area (Å²) in [7, 11) is 1.65. The van der Waals surface area contributed by atoms with Gasteiger partial charge in [-0.3, -0.25) is 5.10 Å². The molecule has 0 bridgehead atoms. The maximum Gasteiger partial charge on any atom is 0.132 e. The number of aromatic nitrogens is 2. The zero-order valence-corrected chi connectivity index (χ0v) is 13.0. The molecular formula is C18H19FN2O. The van der Waals surface area contributed by atoms with Crippen LogP contribution >= 0.6 is 0 Å². The standard InChI is InChI=1S/C18H19FN2O/c1-18(2,19)15-6-4-5-14-16(20-21-17(14)15)11-12-7-9-13(22-3)10-8-12/h4-10H,11H2,1-3H3,(H,20,21). The molecule has 2 aromatic carbocycles. The lowest BCUT2D eigenvalue weighted by atomic mass is 9.96. The van der Waals surface area contributed by atoms with Crippen LogP contribution in [0.15, 0.2) is 42.5 Å². The Morgan fingerprint density at radius 1 is 1.14 bits per heavy atom. The van der Waals surface area contributed by atoms with Crippen molar-refractivity contribution in [1.82, 2.24) is 10.2 Å². The number of fused-ring (bicyclic) bond motifs is 1. The fraction of sp³-hybridized carbons (Fsp3) is 0.278. The number of nitrogens with zero attached hydrogens (tertiary/aromatic N) is 1. The number of benzene rings is 2. The minimum atomic E-state index is -1.41. The smallest absolute Gasteiger partial charge is 0.132 e. The van der Waals surface area contributed by atoms with E-state index in [1.165, 1.54) is 0 Å². The van der Waals surface area contributed by atoms with E-state index in [1.807, 2.05) is 36.4 Å². The Hall–Kier alpha value is -2.36. The molecule has 0 aliphatic heterocycles. The van der Waals surface area contributed by atoms with E-state index in [4.69, 9.17) is 4.74 Å². The van der Waals surface area contributed by atoms with Crippen LogP contribution in [0.1, 0.15) is 30.7 Å². The molecule has 0 unspecified atom stereocenters. The molecule has 0 atom stereocenters. The van der Waals surface area contributed by atoms with E-state index in [1.54, 1.807) is 27.0 Å². The van der Waals surface area contributed by atoms with E-state index in [0.29, 0.717) is 11.1 Å². The van der Waals surface area contributed by atoms with Gasteiger partial charge in [-0.05, 0) is 31.5 Å². The van der Waals surface area contributed by atoms with Gasteiger partial charge in [-0.25, -0.2) is 4.39 Å². The fourth-order valence-electron chi connectivity index (χ4n) is 2.65. The molecule has 1 N–H and O–H groups in total. The summed E-state index contributed by atoms with van der Waals surface area (Å²) in [6.07, 6.45) is 0.719. The van der Waals surface area contributed by atoms with Crippen LogP contribution < -0.4 is 4.74 Å². The second-order valence-electron chi connectivity index (χ2n) is 5.90. The normalized spacial score (nSPS) is 11.8. The number of hydrogen-bond acceptors (Lipinski definition) is 2. The van der Waals surface area contributed by atoms with Gasteiger partial charge in [-0.15, -0.1) is 0 Å². The van der Waals surface area contributed by atoms with E-state index in [-0.39, 0.29) is 0 Å². The van der Waals surface area contributed by atoms with Crippen LogP contribution in [0.5, 0.6) is 5.75 Å². The first-order chi connectivity index (χ1) is 10.5. The predicted octanol–water partition coefficient (Wildman–Crippen LogP) is 4.37. The third kappa shape index (κ3) is 2.69. The molecular weight excluding hydrogens is 279 g/mol. The maximum atomic E-state index is 14.3. The monoisotopic (exact) mass is 298 g/mol. The first-order valence-electron chi connectivity index (χ1n) is 7.27. The first kappa shape index (κ1) is 14.6. The molecule has 0 aliphatic carbocycles. The summed E-state index contributed by atoms with van der Waals surface area (Å²) in [5.41, 5.74) is 2.05. The number of para-hydroxylation sites is 1. The Morgan fingerprint density at radius 3 is 2.50 bits per heavy atom. The summed E-state index contributed by atoms with van der Waals surface area (Å²) < 4.78 is 19.5. The van der Waals surface area contributed by atoms with Crippen molar-refractivity contribution in [1.29, 1.82) is 0 Å². The molecule has 0 spiro atoms. The zero-order valence-electron chi connectivity index (χ0n) is 13.0. The lowest BCUT2D eigenvalue weighted by molar-refractivity contribution is 0.223. The summed E-state index contributed by atoms with van der Waals surface area (Å²) in [5.74, 6) is 0.833. The lowest BCUT2D eigenvalue weighted by Gasteiger charge is -2.14. The zero-order chi connectivity index (χ0) is 15.7. The number of rotatable bonds is 4. The molecule has 0 radical (unpaired) electrons. The topological polar surface area (TPSA) is 37.9 Å². The van der Waals surface area contributed by atoms with Crippen molar-refractivity contribution in [2.45, 2.75) is 25.9 Å². The van der Waals surface area contributed by atoms with Gasteiger partial charge in [0, 0.05) is 23.1 Å². The molecule has 1 heterocycles. The van der Waals surface area contributed by atoms with Crippen molar-refractivity contribution in [3.05, 3.63) is 59.3 Å². The number of nitrogens with one attached hydrogen (secondary N) is 1. The Balaban J connectivity index is 1.98. The second-order valence-corrected chi connectivity index (χ2v) is 5.90. The molecule has 3 rings (SSSR count). The van der Waals surface area contributed by atoms with Crippen molar-refractivity contribution in [2.24, 2.45) is 0 Å². The average molecular weight is 298 g/mol. The summed E-state index contributed by atoms with van der Waals surface area (Å²) >= 11 is 0. The van der Waals surface area contributed by atoms with Gasteiger partial charge in [0.05, 0.1) is 12.6 Å². The lowest BCUT2D eigenvalue weighted by Crippen LogP contribution is -2.09. The Labute approximate surface area is 129 Å². The van der Waals surface area contributed by atoms with Crippen molar-refractivity contribution < 1.29 is 9.13 Å². The van der Waals surface area contributed by atoms with Crippen LogP contribution in [0.3, 0.4) is 0 Å². The SMILES string of the molecule is COc1ccc(Cc2[nH]nc3c(C(C)(C)F)cccc23)cc1. The second kappa shape index (κ2) is 5.44. The van der Waals surface area contributed by atoms with Crippen LogP contribution in [-0.4, -0.2) is 17.3 Å². The van der Waals surface area contributed by atoms with Gasteiger partial charge < -0.3 is 4.74 Å². The minimum absolute atomic E-state index is 0.613. The van der Waals surface area contributed by atoms with Gasteiger partial charge in [0.25, 0.3) is 0 Å². The van der Waals surface area contributed by atoms with E-state index in [0.717, 1.165) is 28.8 Å². The van der Waals surface area contributed by atoms with Gasteiger partial charge in [-0.1, -0.05) is 30.3 Å². The van der Waals surface area contributed by atoms with Crippen LogP contribution in [0, 0.1) is 0 Å². The quantitative estimate of drug-likeness (QED) is 0.777. The number of ether oxygens (including phenoxy) is 1. The molecule has 4 heteroatoms. The van der Waals surface area contributed by atoms with Crippen LogP contribution in [0.4, 0.5) is 4.39 Å². The number of H-pyrrole nitrogens is 1. The van der Waals surface area contributed by atoms with Crippen LogP contribution in [0.25, 0.3) is 10.9 Å². The highest BCUT2D eigenvalue weighted by molar-refractivity contribution is 5.85. The largest absolute Gasteiger partial charge is 0.497 e. The average Bonchev–Trinajstić information content (AvgIpc) is 2.90. The molecule has 0 saturated heterocycles. The molecule has 0 aliphatic rings. The Kier molecular flexibility index (Phi) is 3.61. The third-order valence-corrected chi connectivity index (χ3v) is 3.84. The van der Waals surface area contributed by atoms with Gasteiger partial charge in [0.2, 0.25) is 0 Å². The van der Waals surface area contributed by atoms with Gasteiger partial charge in [0.1, 0.15) is 11.4 Å². The molecule has 22 heavy (non-hydrogen) atoms. The molecule has 3 nitrogen and oxygen atoms in total. The minimum Gasteiger partial charge on any atom is -0.497 e. The van der Waals surface area contributed by atoms with E-state index >= 15 is 0 Å². The van der Waals surface area contributed by atoms with E-state index in [9.17, 15) is 4.39 Å².